The van der Waals surface area contributed by atoms with E-state index in [4.69, 9.17) is 15.0 Å². The lowest BCUT2D eigenvalue weighted by Gasteiger charge is -2.06. The number of rotatable bonds is 10. The maximum absolute atomic E-state index is 11.7. The van der Waals surface area contributed by atoms with Crippen molar-refractivity contribution in [2.75, 3.05) is 17.7 Å². The van der Waals surface area contributed by atoms with E-state index >= 15 is 0 Å². The summed E-state index contributed by atoms with van der Waals surface area (Å²) in [6, 6.07) is 15.2. The van der Waals surface area contributed by atoms with Crippen LogP contribution in [0.5, 0.6) is 0 Å². The van der Waals surface area contributed by atoms with Gasteiger partial charge in [0.05, 0.1) is 12.0 Å². The first-order valence-corrected chi connectivity index (χ1v) is 12.6. The number of carbonyl (C=O) groups excluding carboxylic acids is 2. The van der Waals surface area contributed by atoms with E-state index in [1.807, 2.05) is 48.5 Å². The van der Waals surface area contributed by atoms with Crippen LogP contribution in [0.15, 0.2) is 53.5 Å². The fourth-order valence-electron chi connectivity index (χ4n) is 3.40. The van der Waals surface area contributed by atoms with E-state index in [0.717, 1.165) is 53.0 Å². The molecule has 0 aliphatic heterocycles. The highest BCUT2D eigenvalue weighted by atomic mass is 32.1. The predicted octanol–water partition coefficient (Wildman–Crippen LogP) is 3.77. The number of thiazole rings is 1. The molecule has 0 saturated heterocycles. The van der Waals surface area contributed by atoms with Crippen LogP contribution >= 0.6 is 11.3 Å². The smallest absolute Gasteiger partial charge is 0.432 e. The normalized spacial score (nSPS) is 10.3. The first-order valence-electron chi connectivity index (χ1n) is 11.7. The third-order valence-electron chi connectivity index (χ3n) is 5.16. The summed E-state index contributed by atoms with van der Waals surface area (Å²) >= 11 is 1.49. The SMILES string of the molecule is CNC(=O)c1ccc(CCc2sc(NC(C)=O)nc2CCc2ccc(NC=NC(=O)O)cc2)cc1.NC(=O)O. The van der Waals surface area contributed by atoms with Crippen LogP contribution in [0.2, 0.25) is 0 Å². The van der Waals surface area contributed by atoms with Crippen LogP contribution in [-0.2, 0) is 30.5 Å². The molecule has 0 unspecified atom stereocenters. The number of primary amides is 1. The van der Waals surface area contributed by atoms with Crippen molar-refractivity contribution in [2.45, 2.75) is 32.6 Å². The highest BCUT2D eigenvalue weighted by Crippen LogP contribution is 2.26. The summed E-state index contributed by atoms with van der Waals surface area (Å²) in [5.74, 6) is -0.269. The summed E-state index contributed by atoms with van der Waals surface area (Å²) < 4.78 is 0. The third kappa shape index (κ3) is 11.4. The molecule has 13 heteroatoms. The second kappa shape index (κ2) is 15.5. The zero-order valence-electron chi connectivity index (χ0n) is 21.4. The van der Waals surface area contributed by atoms with Gasteiger partial charge in [-0.1, -0.05) is 24.3 Å². The summed E-state index contributed by atoms with van der Waals surface area (Å²) in [6.07, 6.45) is 1.59. The lowest BCUT2D eigenvalue weighted by molar-refractivity contribution is -0.114. The Balaban J connectivity index is 0.00000124. The Morgan fingerprint density at radius 3 is 2.05 bits per heavy atom. The van der Waals surface area contributed by atoms with Gasteiger partial charge in [0.1, 0.15) is 0 Å². The number of carbonyl (C=O) groups is 4. The number of nitrogens with two attached hydrogens (primary N) is 1. The van der Waals surface area contributed by atoms with Crippen molar-refractivity contribution in [3.63, 3.8) is 0 Å². The van der Waals surface area contributed by atoms with Gasteiger partial charge in [0.25, 0.3) is 5.91 Å². The van der Waals surface area contributed by atoms with Gasteiger partial charge in [-0.25, -0.2) is 14.6 Å². The largest absolute Gasteiger partial charge is 0.465 e. The van der Waals surface area contributed by atoms with Gasteiger partial charge < -0.3 is 31.9 Å². The number of aromatic nitrogens is 1. The number of carboxylic acid groups (broad SMARTS) is 2. The third-order valence-corrected chi connectivity index (χ3v) is 6.23. The second-order valence-electron chi connectivity index (χ2n) is 8.07. The Bertz CT molecular complexity index is 1300. The summed E-state index contributed by atoms with van der Waals surface area (Å²) in [5, 5.41) is 24.5. The zero-order valence-corrected chi connectivity index (χ0v) is 22.2. The van der Waals surface area contributed by atoms with Crippen molar-refractivity contribution in [1.82, 2.24) is 10.3 Å². The van der Waals surface area contributed by atoms with Crippen LogP contribution in [0.25, 0.3) is 0 Å². The average Bonchev–Trinajstić information content (AvgIpc) is 3.26. The lowest BCUT2D eigenvalue weighted by atomic mass is 10.0. The molecule has 3 aromatic rings. The number of nitrogens with one attached hydrogen (secondary N) is 3. The number of benzene rings is 2. The van der Waals surface area contributed by atoms with Gasteiger partial charge in [0.15, 0.2) is 5.13 Å². The monoisotopic (exact) mass is 554 g/mol. The molecule has 4 amide bonds. The fraction of sp³-hybridized carbons (Fsp3) is 0.231. The van der Waals surface area contributed by atoms with Crippen LogP contribution in [0.3, 0.4) is 0 Å². The molecule has 0 radical (unpaired) electrons. The topological polar surface area (TPSA) is 196 Å². The van der Waals surface area contributed by atoms with Crippen LogP contribution in [-0.4, -0.2) is 52.6 Å². The van der Waals surface area contributed by atoms with Gasteiger partial charge >= 0.3 is 12.2 Å². The Morgan fingerprint density at radius 1 is 0.949 bits per heavy atom. The molecule has 12 nitrogen and oxygen atoms in total. The van der Waals surface area contributed by atoms with Crippen molar-refractivity contribution in [1.29, 1.82) is 0 Å². The minimum atomic E-state index is -1.33. The van der Waals surface area contributed by atoms with Gasteiger partial charge in [-0.3, -0.25) is 9.59 Å². The van der Waals surface area contributed by atoms with E-state index in [1.54, 1.807) is 7.05 Å². The standard InChI is InChI=1S/C25H27N5O4S.CH3NO2/c1-16(31)29-24-30-21(13-7-18-5-11-20(12-6-18)27-15-28-25(33)34)22(35-24)14-8-17-3-9-19(10-4-17)23(32)26-2;2-1(3)4/h3-6,9-12,15H,7-8,13-14H2,1-2H3,(H,26,32)(H,27,28)(H,33,34)(H,29,30,31);2H2,(H,3,4). The Hall–Kier alpha value is -4.78. The molecule has 1 heterocycles. The number of aryl methyl sites for hydroxylation is 4. The molecule has 0 aliphatic carbocycles. The van der Waals surface area contributed by atoms with Crippen LogP contribution in [0.4, 0.5) is 20.4 Å². The number of hydrogen-bond donors (Lipinski definition) is 6. The molecule has 0 fully saturated rings. The summed E-state index contributed by atoms with van der Waals surface area (Å²) in [5.41, 5.74) is 8.57. The van der Waals surface area contributed by atoms with Crippen molar-refractivity contribution in [3.05, 3.63) is 75.8 Å². The highest BCUT2D eigenvalue weighted by molar-refractivity contribution is 7.15. The van der Waals surface area contributed by atoms with E-state index < -0.39 is 12.2 Å². The molecule has 1 aromatic heterocycles. The summed E-state index contributed by atoms with van der Waals surface area (Å²) in [4.78, 5) is 51.5. The average molecular weight is 555 g/mol. The lowest BCUT2D eigenvalue weighted by Crippen LogP contribution is -2.17. The quantitative estimate of drug-likeness (QED) is 0.161. The molecule has 0 bridgehead atoms. The maximum Gasteiger partial charge on any atom is 0.432 e. The number of anilines is 2. The number of hydrogen-bond acceptors (Lipinski definition) is 6. The van der Waals surface area contributed by atoms with Crippen molar-refractivity contribution >= 4 is 52.5 Å². The molecular weight excluding hydrogens is 524 g/mol. The maximum atomic E-state index is 11.7. The molecule has 0 spiro atoms. The van der Waals surface area contributed by atoms with Gasteiger partial charge in [-0.2, -0.15) is 4.99 Å². The Kier molecular flexibility index (Phi) is 12.1. The van der Waals surface area contributed by atoms with Crippen molar-refractivity contribution in [3.8, 4) is 0 Å². The molecule has 0 aliphatic rings. The molecule has 206 valence electrons. The molecular formula is C26H30N6O6S. The van der Waals surface area contributed by atoms with Gasteiger partial charge in [0.2, 0.25) is 5.91 Å². The van der Waals surface area contributed by atoms with E-state index in [9.17, 15) is 14.4 Å². The van der Waals surface area contributed by atoms with E-state index in [-0.39, 0.29) is 11.8 Å². The van der Waals surface area contributed by atoms with Crippen LogP contribution < -0.4 is 21.7 Å². The van der Waals surface area contributed by atoms with E-state index in [0.29, 0.717) is 17.1 Å². The number of amides is 4. The highest BCUT2D eigenvalue weighted by Gasteiger charge is 2.13. The van der Waals surface area contributed by atoms with Gasteiger partial charge in [-0.05, 0) is 61.1 Å². The number of aliphatic imine (C=N–C) groups is 1. The Morgan fingerprint density at radius 2 is 1.51 bits per heavy atom. The molecule has 2 aromatic carbocycles. The van der Waals surface area contributed by atoms with Crippen LogP contribution in [0.1, 0.15) is 39.0 Å². The van der Waals surface area contributed by atoms with Crippen molar-refractivity contribution < 1.29 is 29.4 Å². The fourth-order valence-corrected chi connectivity index (χ4v) is 4.45. The van der Waals surface area contributed by atoms with Gasteiger partial charge in [-0.15, -0.1) is 11.3 Å². The van der Waals surface area contributed by atoms with Gasteiger partial charge in [0, 0.05) is 30.1 Å². The minimum Gasteiger partial charge on any atom is -0.465 e. The molecule has 3 rings (SSSR count). The van der Waals surface area contributed by atoms with Crippen molar-refractivity contribution in [2.24, 2.45) is 10.7 Å². The van der Waals surface area contributed by atoms with E-state index in [1.165, 1.54) is 18.3 Å². The second-order valence-corrected chi connectivity index (χ2v) is 9.15. The number of nitrogens with zero attached hydrogens (tertiary/aromatic N) is 2. The van der Waals surface area contributed by atoms with E-state index in [2.05, 4.69) is 31.7 Å². The summed E-state index contributed by atoms with van der Waals surface area (Å²) in [6.45, 7) is 1.46. The molecule has 39 heavy (non-hydrogen) atoms. The zero-order chi connectivity index (χ0) is 28.8. The predicted molar refractivity (Wildman–Crippen MR) is 150 cm³/mol. The Labute approximate surface area is 229 Å². The molecule has 0 atom stereocenters. The first-order chi connectivity index (χ1) is 18.6. The summed E-state index contributed by atoms with van der Waals surface area (Å²) in [7, 11) is 1.61. The molecule has 7 N–H and O–H groups in total. The minimum absolute atomic E-state index is 0.113. The first kappa shape index (κ1) is 30.4. The van der Waals surface area contributed by atoms with Crippen LogP contribution in [0, 0.1) is 0 Å². The molecule has 0 saturated carbocycles.